The largest absolute Gasteiger partial charge is 0.416 e. The zero-order valence-electron chi connectivity index (χ0n) is 18.0. The summed E-state index contributed by atoms with van der Waals surface area (Å²) in [7, 11) is 0. The van der Waals surface area contributed by atoms with Crippen molar-refractivity contribution in [3.63, 3.8) is 0 Å². The summed E-state index contributed by atoms with van der Waals surface area (Å²) in [6.45, 7) is 4.45. The van der Waals surface area contributed by atoms with Crippen molar-refractivity contribution in [1.82, 2.24) is 19.7 Å². The van der Waals surface area contributed by atoms with Crippen molar-refractivity contribution in [3.05, 3.63) is 66.0 Å². The summed E-state index contributed by atoms with van der Waals surface area (Å²) in [6.07, 6.45) is -2.08. The van der Waals surface area contributed by atoms with E-state index in [4.69, 9.17) is 0 Å². The highest BCUT2D eigenvalue weighted by Crippen LogP contribution is 2.31. The van der Waals surface area contributed by atoms with Gasteiger partial charge in [0.2, 0.25) is 5.91 Å². The smallest absolute Gasteiger partial charge is 0.325 e. The SMILES string of the molecule is CC(Sc1nnc(CN2CCCC2)n1-c1ccccc1)C(=O)Nc1ccc(C(F)(F)F)cc1. The Hall–Kier alpha value is -2.85. The predicted molar refractivity (Wildman–Crippen MR) is 121 cm³/mol. The normalized spacial score (nSPS) is 15.5. The summed E-state index contributed by atoms with van der Waals surface area (Å²) in [5.74, 6) is 0.476. The molecule has 1 atom stereocenters. The Morgan fingerprint density at radius 3 is 2.36 bits per heavy atom. The summed E-state index contributed by atoms with van der Waals surface area (Å²) in [5.41, 5.74) is 0.457. The number of aromatic nitrogens is 3. The second-order valence-electron chi connectivity index (χ2n) is 7.88. The first-order chi connectivity index (χ1) is 15.8. The molecule has 1 aromatic heterocycles. The number of nitrogens with one attached hydrogen (secondary N) is 1. The van der Waals surface area contributed by atoms with E-state index in [9.17, 15) is 18.0 Å². The maximum Gasteiger partial charge on any atom is 0.416 e. The second kappa shape index (κ2) is 9.96. The number of hydrogen-bond acceptors (Lipinski definition) is 5. The van der Waals surface area contributed by atoms with Gasteiger partial charge in [-0.2, -0.15) is 13.2 Å². The third-order valence-electron chi connectivity index (χ3n) is 5.41. The van der Waals surface area contributed by atoms with Gasteiger partial charge in [0.15, 0.2) is 11.0 Å². The van der Waals surface area contributed by atoms with Crippen molar-refractivity contribution in [2.24, 2.45) is 0 Å². The number of para-hydroxylation sites is 1. The minimum absolute atomic E-state index is 0.305. The molecule has 2 heterocycles. The maximum absolute atomic E-state index is 12.8. The quantitative estimate of drug-likeness (QED) is 0.487. The summed E-state index contributed by atoms with van der Waals surface area (Å²) in [4.78, 5) is 15.0. The first-order valence-corrected chi connectivity index (χ1v) is 11.6. The maximum atomic E-state index is 12.8. The highest BCUT2D eigenvalue weighted by atomic mass is 32.2. The van der Waals surface area contributed by atoms with E-state index >= 15 is 0 Å². The number of carbonyl (C=O) groups excluding carboxylic acids is 1. The number of halogens is 3. The van der Waals surface area contributed by atoms with Gasteiger partial charge in [-0.25, -0.2) is 0 Å². The lowest BCUT2D eigenvalue weighted by Gasteiger charge is -2.17. The van der Waals surface area contributed by atoms with Gasteiger partial charge in [-0.3, -0.25) is 14.3 Å². The Morgan fingerprint density at radius 2 is 1.73 bits per heavy atom. The van der Waals surface area contributed by atoms with Crippen LogP contribution in [0.15, 0.2) is 59.8 Å². The van der Waals surface area contributed by atoms with Crippen LogP contribution in [0.1, 0.15) is 31.2 Å². The van der Waals surface area contributed by atoms with Gasteiger partial charge in [-0.05, 0) is 69.3 Å². The predicted octanol–water partition coefficient (Wildman–Crippen LogP) is 5.00. The molecule has 3 aromatic rings. The molecule has 1 fully saturated rings. The van der Waals surface area contributed by atoms with Crippen molar-refractivity contribution < 1.29 is 18.0 Å². The molecule has 0 spiro atoms. The molecule has 0 bridgehead atoms. The van der Waals surface area contributed by atoms with E-state index in [2.05, 4.69) is 20.4 Å². The van der Waals surface area contributed by atoms with Crippen LogP contribution in [0.3, 0.4) is 0 Å². The topological polar surface area (TPSA) is 63.1 Å². The first kappa shape index (κ1) is 23.3. The lowest BCUT2D eigenvalue weighted by atomic mass is 10.2. The molecule has 0 aliphatic carbocycles. The van der Waals surface area contributed by atoms with Gasteiger partial charge in [0.05, 0.1) is 17.4 Å². The van der Waals surface area contributed by atoms with Crippen LogP contribution < -0.4 is 5.32 Å². The second-order valence-corrected chi connectivity index (χ2v) is 9.19. The number of hydrogen-bond donors (Lipinski definition) is 1. The average molecular weight is 476 g/mol. The van der Waals surface area contributed by atoms with E-state index < -0.39 is 17.0 Å². The Kier molecular flexibility index (Phi) is 7.04. The number of carbonyl (C=O) groups is 1. The number of nitrogens with zero attached hydrogens (tertiary/aromatic N) is 4. The number of rotatable bonds is 7. The van der Waals surface area contributed by atoms with E-state index in [0.29, 0.717) is 17.4 Å². The molecule has 0 radical (unpaired) electrons. The Balaban J connectivity index is 1.49. The monoisotopic (exact) mass is 475 g/mol. The number of alkyl halides is 3. The van der Waals surface area contributed by atoms with Crippen LogP contribution in [0.5, 0.6) is 0 Å². The van der Waals surface area contributed by atoms with Gasteiger partial charge in [-0.15, -0.1) is 10.2 Å². The number of anilines is 1. The molecule has 6 nitrogen and oxygen atoms in total. The van der Waals surface area contributed by atoms with Crippen molar-refractivity contribution in [2.45, 2.75) is 42.9 Å². The Labute approximate surface area is 194 Å². The summed E-state index contributed by atoms with van der Waals surface area (Å²) in [6, 6.07) is 14.1. The lowest BCUT2D eigenvalue weighted by Crippen LogP contribution is -2.23. The molecule has 1 amide bonds. The fourth-order valence-electron chi connectivity index (χ4n) is 3.65. The molecule has 1 saturated heterocycles. The van der Waals surface area contributed by atoms with Gasteiger partial charge in [-0.1, -0.05) is 30.0 Å². The van der Waals surface area contributed by atoms with Crippen molar-refractivity contribution in [1.29, 1.82) is 0 Å². The van der Waals surface area contributed by atoms with E-state index in [1.54, 1.807) is 6.92 Å². The van der Waals surface area contributed by atoms with E-state index in [1.807, 2.05) is 34.9 Å². The summed E-state index contributed by atoms with van der Waals surface area (Å²) < 4.78 is 40.2. The van der Waals surface area contributed by atoms with Crippen LogP contribution in [0.4, 0.5) is 18.9 Å². The van der Waals surface area contributed by atoms with Gasteiger partial charge in [0.25, 0.3) is 0 Å². The van der Waals surface area contributed by atoms with Gasteiger partial charge < -0.3 is 5.32 Å². The van der Waals surface area contributed by atoms with E-state index in [0.717, 1.165) is 36.7 Å². The summed E-state index contributed by atoms with van der Waals surface area (Å²) >= 11 is 1.26. The van der Waals surface area contributed by atoms with Crippen LogP contribution in [0, 0.1) is 0 Å². The fraction of sp³-hybridized carbons (Fsp3) is 0.348. The molecule has 1 unspecified atom stereocenters. The Bertz CT molecular complexity index is 1080. The molecule has 1 N–H and O–H groups in total. The molecular formula is C23H24F3N5OS. The molecule has 10 heteroatoms. The van der Waals surface area contributed by atoms with Crippen molar-refractivity contribution >= 4 is 23.4 Å². The lowest BCUT2D eigenvalue weighted by molar-refractivity contribution is -0.137. The number of likely N-dealkylation sites (tertiary alicyclic amines) is 1. The number of benzene rings is 2. The van der Waals surface area contributed by atoms with Crippen LogP contribution in [-0.2, 0) is 17.5 Å². The third-order valence-corrected chi connectivity index (χ3v) is 6.45. The molecular weight excluding hydrogens is 451 g/mol. The molecule has 0 saturated carbocycles. The molecule has 33 heavy (non-hydrogen) atoms. The first-order valence-electron chi connectivity index (χ1n) is 10.7. The zero-order chi connectivity index (χ0) is 23.4. The van der Waals surface area contributed by atoms with E-state index in [1.165, 1.54) is 36.7 Å². The van der Waals surface area contributed by atoms with Crippen LogP contribution in [-0.4, -0.2) is 43.9 Å². The van der Waals surface area contributed by atoms with Gasteiger partial charge >= 0.3 is 6.18 Å². The highest BCUT2D eigenvalue weighted by molar-refractivity contribution is 8.00. The van der Waals surface area contributed by atoms with E-state index in [-0.39, 0.29) is 5.91 Å². The highest BCUT2D eigenvalue weighted by Gasteiger charge is 2.30. The standard InChI is InChI=1S/C23H24F3N5OS/c1-16(21(32)27-18-11-9-17(10-12-18)23(24,25)26)33-22-29-28-20(15-30-13-5-6-14-30)31(22)19-7-3-2-4-8-19/h2-4,7-12,16H,5-6,13-15H2,1H3,(H,27,32). The van der Waals surface area contributed by atoms with Crippen molar-refractivity contribution in [3.8, 4) is 5.69 Å². The molecule has 4 rings (SSSR count). The average Bonchev–Trinajstić information content (AvgIpc) is 3.44. The number of amides is 1. The van der Waals surface area contributed by atoms with Crippen LogP contribution >= 0.6 is 11.8 Å². The van der Waals surface area contributed by atoms with Gasteiger partial charge in [0, 0.05) is 11.4 Å². The van der Waals surface area contributed by atoms with Crippen molar-refractivity contribution in [2.75, 3.05) is 18.4 Å². The van der Waals surface area contributed by atoms with Crippen LogP contribution in [0.25, 0.3) is 5.69 Å². The Morgan fingerprint density at radius 1 is 1.06 bits per heavy atom. The summed E-state index contributed by atoms with van der Waals surface area (Å²) in [5, 5.41) is 11.5. The van der Waals surface area contributed by atoms with Crippen LogP contribution in [0.2, 0.25) is 0 Å². The molecule has 2 aromatic carbocycles. The molecule has 1 aliphatic rings. The molecule has 1 aliphatic heterocycles. The molecule has 174 valence electrons. The fourth-order valence-corrected chi connectivity index (χ4v) is 4.54. The third kappa shape index (κ3) is 5.75. The minimum atomic E-state index is -4.42. The zero-order valence-corrected chi connectivity index (χ0v) is 18.9. The number of thioether (sulfide) groups is 1. The van der Waals surface area contributed by atoms with Gasteiger partial charge in [0.1, 0.15) is 0 Å². The minimum Gasteiger partial charge on any atom is -0.325 e.